The molecule has 1 aromatic heterocycles. The van der Waals surface area contributed by atoms with Crippen LogP contribution >= 0.6 is 11.3 Å². The number of benzene rings is 2. The van der Waals surface area contributed by atoms with Gasteiger partial charge in [0.05, 0.1) is 16.9 Å². The number of carbonyl (C=O) groups is 1. The van der Waals surface area contributed by atoms with Crippen LogP contribution in [0.3, 0.4) is 0 Å². The van der Waals surface area contributed by atoms with Crippen molar-refractivity contribution in [2.24, 2.45) is 0 Å². The first kappa shape index (κ1) is 23.8. The summed E-state index contributed by atoms with van der Waals surface area (Å²) in [6.07, 6.45) is -3.12. The quantitative estimate of drug-likeness (QED) is 0.431. The maximum absolute atomic E-state index is 12.8. The van der Waals surface area contributed by atoms with Crippen LogP contribution < -0.4 is 4.74 Å². The van der Waals surface area contributed by atoms with E-state index in [9.17, 15) is 23.2 Å². The number of fused-ring (bicyclic) bond motifs is 1. The number of nitrogens with zero attached hydrogens (tertiary/aromatic N) is 2. The zero-order valence-electron chi connectivity index (χ0n) is 18.4. The fourth-order valence-electron chi connectivity index (χ4n) is 4.28. The third-order valence-corrected chi connectivity index (χ3v) is 7.20. The minimum absolute atomic E-state index is 0.0155. The van der Waals surface area contributed by atoms with Crippen LogP contribution in [0.25, 0.3) is 21.0 Å². The topological polar surface area (TPSA) is 83.2 Å². The van der Waals surface area contributed by atoms with E-state index in [2.05, 4.69) is 4.98 Å². The van der Waals surface area contributed by atoms with Crippen molar-refractivity contribution in [2.75, 3.05) is 0 Å². The minimum atomic E-state index is -4.53. The summed E-state index contributed by atoms with van der Waals surface area (Å²) in [5, 5.41) is 19.4. The highest BCUT2D eigenvalue weighted by Gasteiger charge is 2.38. The Bertz CT molecular complexity index is 1290. The third-order valence-electron chi connectivity index (χ3n) is 6.12. The minimum Gasteiger partial charge on any atom is -0.481 e. The van der Waals surface area contributed by atoms with Gasteiger partial charge in [0.25, 0.3) is 0 Å². The predicted molar refractivity (Wildman–Crippen MR) is 122 cm³/mol. The van der Waals surface area contributed by atoms with Crippen LogP contribution in [0.15, 0.2) is 36.5 Å². The Morgan fingerprint density at radius 1 is 1.35 bits per heavy atom. The van der Waals surface area contributed by atoms with Crippen molar-refractivity contribution in [1.82, 2.24) is 4.98 Å². The number of nitriles is 1. The van der Waals surface area contributed by atoms with Gasteiger partial charge in [0, 0.05) is 11.8 Å². The van der Waals surface area contributed by atoms with Crippen molar-refractivity contribution in [3.63, 3.8) is 0 Å². The summed E-state index contributed by atoms with van der Waals surface area (Å²) in [5.41, 5.74) is 4.98. The van der Waals surface area contributed by atoms with Crippen LogP contribution in [-0.4, -0.2) is 28.3 Å². The van der Waals surface area contributed by atoms with Crippen molar-refractivity contribution >= 4 is 17.3 Å². The van der Waals surface area contributed by atoms with Crippen LogP contribution in [0.1, 0.15) is 47.9 Å². The van der Waals surface area contributed by atoms with Gasteiger partial charge in [0.2, 0.25) is 0 Å². The van der Waals surface area contributed by atoms with Crippen molar-refractivity contribution in [3.05, 3.63) is 58.8 Å². The standard InChI is InChI=1S/C25H21F3N2O3S/c1-13-18-5-3-15(10-23(31)32)20(18)7-6-19(13)24-30-12-22(34-24)16-4-8-21(17(9-16)11-29)33-14(2)25(26,27)28/h4,6-9,12,14-15H,3,5,10H2,1-2H3,(H,31,32). The Morgan fingerprint density at radius 3 is 2.79 bits per heavy atom. The zero-order chi connectivity index (χ0) is 24.6. The van der Waals surface area contributed by atoms with Gasteiger partial charge in [0.15, 0.2) is 6.10 Å². The van der Waals surface area contributed by atoms with Gasteiger partial charge in [-0.1, -0.05) is 12.1 Å². The van der Waals surface area contributed by atoms with Crippen LogP contribution in [0, 0.1) is 18.3 Å². The summed E-state index contributed by atoms with van der Waals surface area (Å²) >= 11 is 1.42. The van der Waals surface area contributed by atoms with Crippen LogP contribution in [0.4, 0.5) is 13.2 Å². The van der Waals surface area contributed by atoms with Gasteiger partial charge in [-0.3, -0.25) is 4.79 Å². The molecule has 34 heavy (non-hydrogen) atoms. The number of alkyl halides is 3. The summed E-state index contributed by atoms with van der Waals surface area (Å²) in [5.74, 6) is -0.895. The van der Waals surface area contributed by atoms with E-state index in [0.29, 0.717) is 5.56 Å². The molecule has 1 N–H and O–H groups in total. The SMILES string of the molecule is Cc1c(-c2ncc(-c3ccc(OC(C)C(F)(F)F)c(C#N)c3)s2)ccc2c1CCC2CC(=O)O. The fraction of sp³-hybridized carbons (Fsp3) is 0.320. The second-order valence-corrected chi connectivity index (χ2v) is 9.32. The molecular weight excluding hydrogens is 465 g/mol. The van der Waals surface area contributed by atoms with Gasteiger partial charge >= 0.3 is 12.1 Å². The molecule has 2 aromatic carbocycles. The lowest BCUT2D eigenvalue weighted by Gasteiger charge is -2.18. The summed E-state index contributed by atoms with van der Waals surface area (Å²) in [6, 6.07) is 10.3. The Kier molecular flexibility index (Phi) is 6.36. The molecule has 2 unspecified atom stereocenters. The van der Waals surface area contributed by atoms with Gasteiger partial charge in [0.1, 0.15) is 16.8 Å². The molecule has 0 amide bonds. The molecule has 0 saturated heterocycles. The molecule has 1 aliphatic carbocycles. The fourth-order valence-corrected chi connectivity index (χ4v) is 5.28. The summed E-state index contributed by atoms with van der Waals surface area (Å²) in [7, 11) is 0. The first-order chi connectivity index (χ1) is 16.1. The van der Waals surface area contributed by atoms with Crippen molar-refractivity contribution < 1.29 is 27.8 Å². The highest BCUT2D eigenvalue weighted by Crippen LogP contribution is 2.42. The predicted octanol–water partition coefficient (Wildman–Crippen LogP) is 6.49. The second-order valence-electron chi connectivity index (χ2n) is 8.29. The highest BCUT2D eigenvalue weighted by atomic mass is 32.1. The van der Waals surface area contributed by atoms with E-state index in [4.69, 9.17) is 9.84 Å². The van der Waals surface area contributed by atoms with Crippen molar-refractivity contribution in [2.45, 2.75) is 51.3 Å². The molecule has 2 atom stereocenters. The van der Waals surface area contributed by atoms with Gasteiger partial charge in [-0.2, -0.15) is 18.4 Å². The van der Waals surface area contributed by atoms with Gasteiger partial charge in [-0.15, -0.1) is 11.3 Å². The van der Waals surface area contributed by atoms with Gasteiger partial charge < -0.3 is 9.84 Å². The zero-order valence-corrected chi connectivity index (χ0v) is 19.3. The number of aliphatic carboxylic acids is 1. The first-order valence-electron chi connectivity index (χ1n) is 10.7. The number of hydrogen-bond acceptors (Lipinski definition) is 5. The molecule has 9 heteroatoms. The summed E-state index contributed by atoms with van der Waals surface area (Å²) < 4.78 is 43.5. The number of rotatable bonds is 6. The lowest BCUT2D eigenvalue weighted by Crippen LogP contribution is -2.31. The summed E-state index contributed by atoms with van der Waals surface area (Å²) in [6.45, 7) is 2.91. The van der Waals surface area contributed by atoms with E-state index in [1.165, 1.54) is 29.0 Å². The molecule has 3 aromatic rings. The molecule has 4 rings (SSSR count). The second kappa shape index (κ2) is 9.11. The molecule has 0 saturated carbocycles. The van der Waals surface area contributed by atoms with E-state index < -0.39 is 18.2 Å². The van der Waals surface area contributed by atoms with Crippen LogP contribution in [0.2, 0.25) is 0 Å². The number of carboxylic acids is 1. The smallest absolute Gasteiger partial charge is 0.425 e. The van der Waals surface area contributed by atoms with E-state index in [1.54, 1.807) is 12.3 Å². The highest BCUT2D eigenvalue weighted by molar-refractivity contribution is 7.18. The molecular formula is C25H21F3N2O3S. The van der Waals surface area contributed by atoms with Crippen LogP contribution in [0.5, 0.6) is 5.75 Å². The maximum atomic E-state index is 12.8. The number of hydrogen-bond donors (Lipinski definition) is 1. The summed E-state index contributed by atoms with van der Waals surface area (Å²) in [4.78, 5) is 16.5. The lowest BCUT2D eigenvalue weighted by molar-refractivity contribution is -0.189. The Morgan fingerprint density at radius 2 is 2.12 bits per heavy atom. The molecule has 0 spiro atoms. The maximum Gasteiger partial charge on any atom is 0.425 e. The number of aromatic nitrogens is 1. The average Bonchev–Trinajstić information content (AvgIpc) is 3.41. The Hall–Kier alpha value is -3.38. The molecule has 1 aliphatic rings. The number of carboxylic acid groups (broad SMARTS) is 1. The van der Waals surface area contributed by atoms with E-state index >= 15 is 0 Å². The molecule has 0 radical (unpaired) electrons. The van der Waals surface area contributed by atoms with Gasteiger partial charge in [-0.05, 0) is 73.1 Å². The molecule has 0 bridgehead atoms. The third kappa shape index (κ3) is 4.64. The normalized spacial score (nSPS) is 16.1. The van der Waals surface area contributed by atoms with Crippen molar-refractivity contribution in [1.29, 1.82) is 5.26 Å². The largest absolute Gasteiger partial charge is 0.481 e. The average molecular weight is 487 g/mol. The molecule has 0 fully saturated rings. The molecule has 176 valence electrons. The molecule has 5 nitrogen and oxygen atoms in total. The monoisotopic (exact) mass is 486 g/mol. The Balaban J connectivity index is 1.61. The number of ether oxygens (including phenoxy) is 1. The van der Waals surface area contributed by atoms with Crippen molar-refractivity contribution in [3.8, 4) is 32.8 Å². The Labute approximate surface area is 198 Å². The van der Waals surface area contributed by atoms with Crippen LogP contribution in [-0.2, 0) is 11.2 Å². The number of halogens is 3. The van der Waals surface area contributed by atoms with E-state index in [1.807, 2.05) is 25.1 Å². The molecule has 0 aliphatic heterocycles. The van der Waals surface area contributed by atoms with E-state index in [0.717, 1.165) is 46.3 Å². The van der Waals surface area contributed by atoms with E-state index in [-0.39, 0.29) is 23.7 Å². The first-order valence-corrected chi connectivity index (χ1v) is 11.5. The van der Waals surface area contributed by atoms with Gasteiger partial charge in [-0.25, -0.2) is 4.98 Å². The number of thiazole rings is 1. The molecule has 1 heterocycles. The lowest BCUT2D eigenvalue weighted by atomic mass is 9.94.